The molecule has 1 amide bonds. The number of hydrogen-bond donors (Lipinski definition) is 0. The molecule has 2 fully saturated rings. The second-order valence-corrected chi connectivity index (χ2v) is 8.05. The van der Waals surface area contributed by atoms with Crippen LogP contribution in [0.15, 0.2) is 53.0 Å². The number of carbonyl (C=O) groups excluding carboxylic acids is 1. The highest BCUT2D eigenvalue weighted by molar-refractivity contribution is 5.79. The normalized spacial score (nSPS) is 20.2. The van der Waals surface area contributed by atoms with Crippen LogP contribution in [0.2, 0.25) is 0 Å². The molecule has 0 atom stereocenters. The Bertz CT molecular complexity index is 801. The predicted octanol–water partition coefficient (Wildman–Crippen LogP) is 4.12. The number of rotatable bonds is 5. The molecule has 4 rings (SSSR count). The highest BCUT2D eigenvalue weighted by Crippen LogP contribution is 2.41. The SMILES string of the molecule is Cc1ccc(CN2CCC3(CC2)CC(=O)N(C/C=C/c2ccccc2)C3)o1. The lowest BCUT2D eigenvalue weighted by Gasteiger charge is -2.38. The molecule has 0 bridgehead atoms. The van der Waals surface area contributed by atoms with Crippen LogP contribution in [0.3, 0.4) is 0 Å². The number of piperidine rings is 1. The van der Waals surface area contributed by atoms with E-state index in [2.05, 4.69) is 35.3 Å². The lowest BCUT2D eigenvalue weighted by Crippen LogP contribution is -2.41. The molecular formula is C23H28N2O2. The van der Waals surface area contributed by atoms with Crippen molar-refractivity contribution in [3.63, 3.8) is 0 Å². The quantitative estimate of drug-likeness (QED) is 0.801. The van der Waals surface area contributed by atoms with Crippen LogP contribution in [0.4, 0.5) is 0 Å². The van der Waals surface area contributed by atoms with Crippen LogP contribution in [0.5, 0.6) is 0 Å². The summed E-state index contributed by atoms with van der Waals surface area (Å²) in [5.74, 6) is 2.32. The van der Waals surface area contributed by atoms with E-state index < -0.39 is 0 Å². The van der Waals surface area contributed by atoms with E-state index in [0.717, 1.165) is 50.5 Å². The minimum absolute atomic E-state index is 0.174. The number of aryl methyl sites for hydroxylation is 1. The van der Waals surface area contributed by atoms with Crippen LogP contribution in [0.1, 0.15) is 36.3 Å². The number of furan rings is 1. The van der Waals surface area contributed by atoms with Gasteiger partial charge in [0.1, 0.15) is 11.5 Å². The van der Waals surface area contributed by atoms with Gasteiger partial charge in [0.15, 0.2) is 0 Å². The topological polar surface area (TPSA) is 36.7 Å². The third-order valence-corrected chi connectivity index (χ3v) is 5.93. The molecule has 1 aromatic carbocycles. The summed E-state index contributed by atoms with van der Waals surface area (Å²) in [6.07, 6.45) is 7.11. The van der Waals surface area contributed by atoms with E-state index in [1.807, 2.05) is 36.1 Å². The summed E-state index contributed by atoms with van der Waals surface area (Å²) in [7, 11) is 0. The van der Waals surface area contributed by atoms with Gasteiger partial charge in [0, 0.05) is 19.5 Å². The highest BCUT2D eigenvalue weighted by Gasteiger charge is 2.44. The molecular weight excluding hydrogens is 336 g/mol. The molecule has 142 valence electrons. The Kier molecular flexibility index (Phi) is 5.17. The Morgan fingerprint density at radius 2 is 1.89 bits per heavy atom. The van der Waals surface area contributed by atoms with Crippen molar-refractivity contribution in [1.82, 2.24) is 9.80 Å². The third-order valence-electron chi connectivity index (χ3n) is 5.93. The van der Waals surface area contributed by atoms with E-state index >= 15 is 0 Å². The fraction of sp³-hybridized carbons (Fsp3) is 0.435. The molecule has 0 aliphatic carbocycles. The second-order valence-electron chi connectivity index (χ2n) is 8.05. The summed E-state index contributed by atoms with van der Waals surface area (Å²) >= 11 is 0. The van der Waals surface area contributed by atoms with Crippen LogP contribution in [-0.4, -0.2) is 41.9 Å². The van der Waals surface area contributed by atoms with Crippen LogP contribution in [0, 0.1) is 12.3 Å². The van der Waals surface area contributed by atoms with E-state index in [9.17, 15) is 4.79 Å². The predicted molar refractivity (Wildman–Crippen MR) is 107 cm³/mol. The van der Waals surface area contributed by atoms with Gasteiger partial charge in [0.25, 0.3) is 0 Å². The smallest absolute Gasteiger partial charge is 0.223 e. The van der Waals surface area contributed by atoms with Gasteiger partial charge >= 0.3 is 0 Å². The maximum absolute atomic E-state index is 12.5. The molecule has 2 aliphatic heterocycles. The minimum Gasteiger partial charge on any atom is -0.465 e. The Labute approximate surface area is 161 Å². The Morgan fingerprint density at radius 1 is 1.11 bits per heavy atom. The minimum atomic E-state index is 0.174. The van der Waals surface area contributed by atoms with Gasteiger partial charge in [0.2, 0.25) is 5.91 Å². The molecule has 2 saturated heterocycles. The average molecular weight is 364 g/mol. The standard InChI is InChI=1S/C23H28N2O2/c1-19-9-10-21(27-19)17-24-14-11-23(12-15-24)16-22(26)25(18-23)13-5-8-20-6-3-2-4-7-20/h2-10H,11-18H2,1H3/b8-5+. The largest absolute Gasteiger partial charge is 0.465 e. The van der Waals surface area contributed by atoms with E-state index in [1.54, 1.807) is 0 Å². The first-order chi connectivity index (χ1) is 13.1. The van der Waals surface area contributed by atoms with Crippen molar-refractivity contribution >= 4 is 12.0 Å². The van der Waals surface area contributed by atoms with Crippen molar-refractivity contribution in [1.29, 1.82) is 0 Å². The van der Waals surface area contributed by atoms with Crippen LogP contribution >= 0.6 is 0 Å². The molecule has 0 saturated carbocycles. The molecule has 4 nitrogen and oxygen atoms in total. The van der Waals surface area contributed by atoms with Crippen molar-refractivity contribution in [3.05, 3.63) is 65.6 Å². The highest BCUT2D eigenvalue weighted by atomic mass is 16.3. The molecule has 1 aromatic heterocycles. The van der Waals surface area contributed by atoms with Crippen molar-refractivity contribution < 1.29 is 9.21 Å². The summed E-state index contributed by atoms with van der Waals surface area (Å²) in [6, 6.07) is 14.3. The molecule has 0 radical (unpaired) electrons. The van der Waals surface area contributed by atoms with Crippen LogP contribution in [0.25, 0.3) is 6.08 Å². The van der Waals surface area contributed by atoms with E-state index in [4.69, 9.17) is 4.42 Å². The van der Waals surface area contributed by atoms with Crippen molar-refractivity contribution in [3.8, 4) is 0 Å². The van der Waals surface area contributed by atoms with Crippen molar-refractivity contribution in [2.45, 2.75) is 32.7 Å². The van der Waals surface area contributed by atoms with Gasteiger partial charge < -0.3 is 9.32 Å². The number of likely N-dealkylation sites (tertiary alicyclic amines) is 2. The zero-order chi connectivity index (χ0) is 18.7. The number of carbonyl (C=O) groups is 1. The van der Waals surface area contributed by atoms with E-state index in [0.29, 0.717) is 18.9 Å². The monoisotopic (exact) mass is 364 g/mol. The van der Waals surface area contributed by atoms with Gasteiger partial charge in [-0.3, -0.25) is 9.69 Å². The third kappa shape index (κ3) is 4.33. The Morgan fingerprint density at radius 3 is 2.59 bits per heavy atom. The summed E-state index contributed by atoms with van der Waals surface area (Å²) < 4.78 is 5.71. The number of hydrogen-bond acceptors (Lipinski definition) is 3. The van der Waals surface area contributed by atoms with Crippen LogP contribution < -0.4 is 0 Å². The lowest BCUT2D eigenvalue weighted by molar-refractivity contribution is -0.127. The van der Waals surface area contributed by atoms with Gasteiger partial charge in [-0.05, 0) is 56.0 Å². The molecule has 1 spiro atoms. The molecule has 0 unspecified atom stereocenters. The fourth-order valence-electron chi connectivity index (χ4n) is 4.34. The summed E-state index contributed by atoms with van der Waals surface area (Å²) in [6.45, 7) is 6.56. The Hall–Kier alpha value is -2.33. The van der Waals surface area contributed by atoms with Gasteiger partial charge in [0.05, 0.1) is 6.54 Å². The van der Waals surface area contributed by atoms with Gasteiger partial charge in [-0.1, -0.05) is 42.5 Å². The zero-order valence-electron chi connectivity index (χ0n) is 16.1. The average Bonchev–Trinajstić information content (AvgIpc) is 3.21. The van der Waals surface area contributed by atoms with Crippen LogP contribution in [-0.2, 0) is 11.3 Å². The van der Waals surface area contributed by atoms with Gasteiger partial charge in [-0.25, -0.2) is 0 Å². The second kappa shape index (κ2) is 7.73. The fourth-order valence-corrected chi connectivity index (χ4v) is 4.34. The van der Waals surface area contributed by atoms with E-state index in [-0.39, 0.29) is 5.41 Å². The zero-order valence-corrected chi connectivity index (χ0v) is 16.1. The van der Waals surface area contributed by atoms with Gasteiger partial charge in [-0.15, -0.1) is 0 Å². The number of amides is 1. The van der Waals surface area contributed by atoms with E-state index in [1.165, 1.54) is 5.56 Å². The first-order valence-electron chi connectivity index (χ1n) is 9.89. The first kappa shape index (κ1) is 18.1. The molecule has 4 heteroatoms. The maximum atomic E-state index is 12.5. The van der Waals surface area contributed by atoms with Crippen molar-refractivity contribution in [2.75, 3.05) is 26.2 Å². The van der Waals surface area contributed by atoms with Crippen molar-refractivity contribution in [2.24, 2.45) is 5.41 Å². The lowest BCUT2D eigenvalue weighted by atomic mass is 9.77. The molecule has 2 aromatic rings. The Balaban J connectivity index is 1.29. The summed E-state index contributed by atoms with van der Waals surface area (Å²) in [5, 5.41) is 0. The molecule has 3 heterocycles. The number of benzene rings is 1. The first-order valence-corrected chi connectivity index (χ1v) is 9.89. The molecule has 0 N–H and O–H groups in total. The summed E-state index contributed by atoms with van der Waals surface area (Å²) in [4.78, 5) is 17.0. The molecule has 2 aliphatic rings. The summed E-state index contributed by atoms with van der Waals surface area (Å²) in [5.41, 5.74) is 1.35. The molecule has 27 heavy (non-hydrogen) atoms. The maximum Gasteiger partial charge on any atom is 0.223 e. The number of nitrogens with zero attached hydrogens (tertiary/aromatic N) is 2. The van der Waals surface area contributed by atoms with Gasteiger partial charge in [-0.2, -0.15) is 0 Å².